The number of carbonyl (C=O) groups excluding carboxylic acids is 1. The number of pyridine rings is 1. The maximum absolute atomic E-state index is 12.9. The van der Waals surface area contributed by atoms with Crippen molar-refractivity contribution in [3.05, 3.63) is 46.3 Å². The molecule has 128 valence electrons. The maximum Gasteiger partial charge on any atom is 0.259 e. The van der Waals surface area contributed by atoms with Crippen LogP contribution in [0.2, 0.25) is 0 Å². The molecule has 0 saturated carbocycles. The molecule has 5 nitrogen and oxygen atoms in total. The van der Waals surface area contributed by atoms with Crippen molar-refractivity contribution in [1.29, 1.82) is 0 Å². The third-order valence-electron chi connectivity index (χ3n) is 3.62. The maximum atomic E-state index is 12.9. The van der Waals surface area contributed by atoms with Crippen molar-refractivity contribution < 1.29 is 14.3 Å². The molecule has 2 aromatic heterocycles. The number of ether oxygens (including phenoxy) is 2. The number of aromatic nitrogens is 1. The summed E-state index contributed by atoms with van der Waals surface area (Å²) in [5, 5.41) is 2.02. The van der Waals surface area contributed by atoms with Gasteiger partial charge in [-0.2, -0.15) is 0 Å². The van der Waals surface area contributed by atoms with Crippen LogP contribution in [-0.2, 0) is 11.3 Å². The second-order valence-electron chi connectivity index (χ2n) is 6.78. The number of hydrogen-bond donors (Lipinski definition) is 0. The predicted octanol–water partition coefficient (Wildman–Crippen LogP) is 3.36. The Morgan fingerprint density at radius 3 is 2.92 bits per heavy atom. The van der Waals surface area contributed by atoms with Gasteiger partial charge in [0.05, 0.1) is 25.3 Å². The van der Waals surface area contributed by atoms with Gasteiger partial charge in [-0.05, 0) is 44.4 Å². The molecular formula is C18H22N2O3S. The molecule has 0 N–H and O–H groups in total. The zero-order valence-corrected chi connectivity index (χ0v) is 15.0. The summed E-state index contributed by atoms with van der Waals surface area (Å²) in [6, 6.07) is 7.55. The molecule has 0 fully saturated rings. The van der Waals surface area contributed by atoms with E-state index in [0.29, 0.717) is 31.1 Å². The number of fused-ring (bicyclic) bond motifs is 1. The molecule has 6 heteroatoms. The number of amides is 1. The molecule has 2 aromatic rings. The van der Waals surface area contributed by atoms with E-state index < -0.39 is 0 Å². The number of carbonyl (C=O) groups is 1. The van der Waals surface area contributed by atoms with Crippen LogP contribution >= 0.6 is 11.3 Å². The number of rotatable bonds is 4. The molecule has 0 aliphatic carbocycles. The lowest BCUT2D eigenvalue weighted by atomic mass is 10.2. The lowest BCUT2D eigenvalue weighted by Gasteiger charge is -2.27. The van der Waals surface area contributed by atoms with Crippen LogP contribution in [-0.4, -0.2) is 40.6 Å². The van der Waals surface area contributed by atoms with Gasteiger partial charge in [0.15, 0.2) is 0 Å². The van der Waals surface area contributed by atoms with E-state index in [1.165, 1.54) is 0 Å². The van der Waals surface area contributed by atoms with Crippen molar-refractivity contribution >= 4 is 17.2 Å². The van der Waals surface area contributed by atoms with E-state index >= 15 is 0 Å². The van der Waals surface area contributed by atoms with Crippen molar-refractivity contribution in [1.82, 2.24) is 9.88 Å². The van der Waals surface area contributed by atoms with E-state index in [2.05, 4.69) is 4.98 Å². The van der Waals surface area contributed by atoms with E-state index in [9.17, 15) is 4.79 Å². The van der Waals surface area contributed by atoms with Crippen molar-refractivity contribution in [3.63, 3.8) is 0 Å². The number of nitrogens with zero attached hydrogens (tertiary/aromatic N) is 2. The summed E-state index contributed by atoms with van der Waals surface area (Å²) in [6.07, 6.45) is 1.40. The smallest absolute Gasteiger partial charge is 0.259 e. The molecular weight excluding hydrogens is 324 g/mol. The van der Waals surface area contributed by atoms with Crippen molar-refractivity contribution in [2.45, 2.75) is 39.0 Å². The molecule has 1 aliphatic rings. The van der Waals surface area contributed by atoms with Gasteiger partial charge < -0.3 is 14.4 Å². The zero-order chi connectivity index (χ0) is 17.2. The van der Waals surface area contributed by atoms with Crippen LogP contribution < -0.4 is 4.74 Å². The van der Waals surface area contributed by atoms with Gasteiger partial charge in [0.25, 0.3) is 5.91 Å². The second kappa shape index (κ2) is 6.91. The number of thiophene rings is 1. The molecule has 0 bridgehead atoms. The van der Waals surface area contributed by atoms with Gasteiger partial charge in [-0.25, -0.2) is 4.98 Å². The van der Waals surface area contributed by atoms with Crippen molar-refractivity contribution in [2.24, 2.45) is 0 Å². The van der Waals surface area contributed by atoms with E-state index in [-0.39, 0.29) is 17.6 Å². The highest BCUT2D eigenvalue weighted by Crippen LogP contribution is 2.25. The highest BCUT2D eigenvalue weighted by Gasteiger charge is 2.30. The molecule has 1 amide bonds. The summed E-state index contributed by atoms with van der Waals surface area (Å²) < 4.78 is 11.8. The first-order valence-corrected chi connectivity index (χ1v) is 8.87. The van der Waals surface area contributed by atoms with E-state index in [0.717, 1.165) is 4.88 Å². The first-order valence-electron chi connectivity index (χ1n) is 8.00. The summed E-state index contributed by atoms with van der Waals surface area (Å²) in [6.45, 7) is 7.47. The SMILES string of the molecule is CC(C)(C)OCC1CN(Cc2cccs2)C(=O)c2cccnc2O1. The quantitative estimate of drug-likeness (QED) is 0.852. The highest BCUT2D eigenvalue weighted by atomic mass is 32.1. The lowest BCUT2D eigenvalue weighted by Crippen LogP contribution is -2.40. The van der Waals surface area contributed by atoms with Crippen LogP contribution in [0.1, 0.15) is 36.0 Å². The first-order chi connectivity index (χ1) is 11.4. The standard InChI is InChI=1S/C18H22N2O3S/c1-18(2,3)22-12-13-10-20(11-14-6-5-9-24-14)17(21)15-7-4-8-19-16(15)23-13/h4-9,13H,10-12H2,1-3H3. The van der Waals surface area contributed by atoms with Gasteiger partial charge in [0, 0.05) is 11.1 Å². The molecule has 3 rings (SSSR count). The lowest BCUT2D eigenvalue weighted by molar-refractivity contribution is -0.0465. The summed E-state index contributed by atoms with van der Waals surface area (Å²) >= 11 is 1.64. The van der Waals surface area contributed by atoms with Gasteiger partial charge >= 0.3 is 0 Å². The van der Waals surface area contributed by atoms with Crippen LogP contribution in [0, 0.1) is 0 Å². The fourth-order valence-electron chi connectivity index (χ4n) is 2.50. The average Bonchev–Trinajstić information content (AvgIpc) is 2.99. The molecule has 3 heterocycles. The summed E-state index contributed by atoms with van der Waals surface area (Å²) in [7, 11) is 0. The third kappa shape index (κ3) is 4.13. The molecule has 1 atom stereocenters. The van der Waals surface area contributed by atoms with Crippen LogP contribution in [0.3, 0.4) is 0 Å². The molecule has 0 saturated heterocycles. The Labute approximate surface area is 146 Å². The molecule has 0 aromatic carbocycles. The van der Waals surface area contributed by atoms with E-state index in [1.54, 1.807) is 29.7 Å². The third-order valence-corrected chi connectivity index (χ3v) is 4.48. The molecule has 1 unspecified atom stereocenters. The Bertz CT molecular complexity index is 695. The Morgan fingerprint density at radius 1 is 1.38 bits per heavy atom. The summed E-state index contributed by atoms with van der Waals surface area (Å²) in [4.78, 5) is 20.1. The van der Waals surface area contributed by atoms with Gasteiger partial charge in [-0.15, -0.1) is 11.3 Å². The van der Waals surface area contributed by atoms with Crippen LogP contribution in [0.25, 0.3) is 0 Å². The molecule has 1 aliphatic heterocycles. The second-order valence-corrected chi connectivity index (χ2v) is 7.82. The minimum atomic E-state index is -0.259. The fourth-order valence-corrected chi connectivity index (χ4v) is 3.22. The molecule has 0 spiro atoms. The zero-order valence-electron chi connectivity index (χ0n) is 14.2. The predicted molar refractivity (Wildman–Crippen MR) is 93.4 cm³/mol. The fraction of sp³-hybridized carbons (Fsp3) is 0.444. The molecule has 24 heavy (non-hydrogen) atoms. The van der Waals surface area contributed by atoms with Gasteiger partial charge in [-0.3, -0.25) is 4.79 Å². The Kier molecular flexibility index (Phi) is 4.87. The van der Waals surface area contributed by atoms with Crippen LogP contribution in [0.15, 0.2) is 35.8 Å². The monoisotopic (exact) mass is 346 g/mol. The molecule has 0 radical (unpaired) electrons. The first kappa shape index (κ1) is 16.9. The van der Waals surface area contributed by atoms with Crippen LogP contribution in [0.4, 0.5) is 0 Å². The Hall–Kier alpha value is -1.92. The van der Waals surface area contributed by atoms with Gasteiger partial charge in [0.1, 0.15) is 11.7 Å². The normalized spacial score (nSPS) is 18.0. The van der Waals surface area contributed by atoms with E-state index in [1.807, 2.05) is 43.2 Å². The summed E-state index contributed by atoms with van der Waals surface area (Å²) in [5.74, 6) is 0.337. The Morgan fingerprint density at radius 2 is 2.21 bits per heavy atom. The number of hydrogen-bond acceptors (Lipinski definition) is 5. The van der Waals surface area contributed by atoms with Crippen molar-refractivity contribution in [2.75, 3.05) is 13.2 Å². The highest BCUT2D eigenvalue weighted by molar-refractivity contribution is 7.09. The van der Waals surface area contributed by atoms with Crippen LogP contribution in [0.5, 0.6) is 5.88 Å². The van der Waals surface area contributed by atoms with E-state index in [4.69, 9.17) is 9.47 Å². The average molecular weight is 346 g/mol. The Balaban J connectivity index is 1.84. The largest absolute Gasteiger partial charge is 0.469 e. The van der Waals surface area contributed by atoms with Crippen molar-refractivity contribution in [3.8, 4) is 5.88 Å². The summed E-state index contributed by atoms with van der Waals surface area (Å²) in [5.41, 5.74) is 0.248. The van der Waals surface area contributed by atoms with Gasteiger partial charge in [-0.1, -0.05) is 6.07 Å². The topological polar surface area (TPSA) is 51.7 Å². The minimum Gasteiger partial charge on any atom is -0.469 e. The minimum absolute atomic E-state index is 0.0511. The van der Waals surface area contributed by atoms with Gasteiger partial charge in [0.2, 0.25) is 5.88 Å².